The molecule has 1 spiro atoms. The van der Waals surface area contributed by atoms with Gasteiger partial charge in [0, 0.05) is 55.1 Å². The minimum atomic E-state index is -0.00560. The van der Waals surface area contributed by atoms with Crippen LogP contribution < -0.4 is 14.5 Å². The number of hydrogen-bond donors (Lipinski definition) is 1. The molecule has 10 nitrogen and oxygen atoms in total. The molecule has 1 unspecified atom stereocenters. The van der Waals surface area contributed by atoms with Crippen molar-refractivity contribution in [2.75, 3.05) is 62.7 Å². The van der Waals surface area contributed by atoms with Crippen molar-refractivity contribution < 1.29 is 9.53 Å². The number of pyridine rings is 1. The molecule has 1 N–H and O–H groups in total. The van der Waals surface area contributed by atoms with Crippen LogP contribution >= 0.6 is 0 Å². The van der Waals surface area contributed by atoms with Gasteiger partial charge in [0.15, 0.2) is 0 Å². The third kappa shape index (κ3) is 4.36. The molecule has 1 amide bonds. The van der Waals surface area contributed by atoms with Gasteiger partial charge in [0.2, 0.25) is 11.8 Å². The minimum absolute atomic E-state index is 0.00560. The summed E-state index contributed by atoms with van der Waals surface area (Å²) in [6, 6.07) is 7.26. The van der Waals surface area contributed by atoms with Crippen molar-refractivity contribution in [3.05, 3.63) is 53.4 Å². The zero-order chi connectivity index (χ0) is 29.3. The summed E-state index contributed by atoms with van der Waals surface area (Å²) in [4.78, 5) is 26.2. The lowest BCUT2D eigenvalue weighted by molar-refractivity contribution is -0.139. The van der Waals surface area contributed by atoms with Crippen molar-refractivity contribution in [2.24, 2.45) is 5.41 Å². The van der Waals surface area contributed by atoms with E-state index in [0.29, 0.717) is 36.6 Å². The Morgan fingerprint density at radius 2 is 2.02 bits per heavy atom. The van der Waals surface area contributed by atoms with Gasteiger partial charge in [0.1, 0.15) is 18.2 Å². The van der Waals surface area contributed by atoms with Crippen LogP contribution in [-0.2, 0) is 17.8 Å². The normalized spacial score (nSPS) is 22.7. The maximum atomic E-state index is 12.1. The number of amides is 1. The number of nitriles is 1. The van der Waals surface area contributed by atoms with Crippen LogP contribution in [0.3, 0.4) is 0 Å². The number of carbonyl (C=O) groups is 1. The Bertz CT molecular complexity index is 1660. The molecule has 1 aliphatic carbocycles. The number of anilines is 2. The summed E-state index contributed by atoms with van der Waals surface area (Å²) < 4.78 is 6.43. The van der Waals surface area contributed by atoms with Crippen molar-refractivity contribution in [3.8, 4) is 11.9 Å². The van der Waals surface area contributed by atoms with Gasteiger partial charge >= 0.3 is 0 Å². The molecule has 1 saturated carbocycles. The van der Waals surface area contributed by atoms with E-state index in [1.165, 1.54) is 35.7 Å². The highest BCUT2D eigenvalue weighted by Gasteiger charge is 2.54. The fourth-order valence-corrected chi connectivity index (χ4v) is 7.91. The van der Waals surface area contributed by atoms with Crippen molar-refractivity contribution in [1.29, 1.82) is 5.26 Å². The maximum absolute atomic E-state index is 12.1. The first kappa shape index (κ1) is 26.5. The van der Waals surface area contributed by atoms with E-state index in [4.69, 9.17) is 9.72 Å². The number of carbonyl (C=O) groups excluding carboxylic acids is 1. The molecule has 4 fully saturated rings. The molecule has 1 atom stereocenters. The van der Waals surface area contributed by atoms with E-state index in [1.807, 2.05) is 11.1 Å². The molecule has 222 valence electrons. The van der Waals surface area contributed by atoms with E-state index in [1.54, 1.807) is 0 Å². The molecule has 3 aromatic rings. The standard InChI is InChI=1S/C33H38N8O2/c1-3-29(42)40-17-33(18-40)19-41(20-33)31-24-10-12-39(30-23(21-6-7-21)8-9-27-26(30)14-35-37-27)15-28(24)36-32(25(31)13-34)43-16-22-5-4-11-38(22)2/h3,8-9,14,21-22H,1,4-7,10-12,15-20H2,2H3,(H,35,37). The zero-order valence-corrected chi connectivity index (χ0v) is 24.8. The molecular weight excluding hydrogens is 540 g/mol. The summed E-state index contributed by atoms with van der Waals surface area (Å²) in [5.74, 6) is 1.06. The second-order valence-corrected chi connectivity index (χ2v) is 13.3. The van der Waals surface area contributed by atoms with Crippen molar-refractivity contribution in [2.45, 2.75) is 50.6 Å². The number of nitrogens with zero attached hydrogens (tertiary/aromatic N) is 7. The Kier molecular flexibility index (Phi) is 6.16. The third-order valence-corrected chi connectivity index (χ3v) is 10.4. The van der Waals surface area contributed by atoms with Crippen LogP contribution in [0.4, 0.5) is 11.4 Å². The second kappa shape index (κ2) is 9.98. The van der Waals surface area contributed by atoms with Gasteiger partial charge in [0.25, 0.3) is 0 Å². The fourth-order valence-electron chi connectivity index (χ4n) is 7.91. The number of likely N-dealkylation sites (tertiary alicyclic amines) is 2. The number of aromatic nitrogens is 3. The Balaban J connectivity index is 1.14. The van der Waals surface area contributed by atoms with Gasteiger partial charge in [-0.15, -0.1) is 0 Å². The molecule has 2 aromatic heterocycles. The number of likely N-dealkylation sites (N-methyl/N-ethyl adjacent to an activating group) is 1. The van der Waals surface area contributed by atoms with E-state index in [2.05, 4.69) is 56.7 Å². The van der Waals surface area contributed by atoms with Crippen LogP contribution in [0.25, 0.3) is 10.9 Å². The summed E-state index contributed by atoms with van der Waals surface area (Å²) in [7, 11) is 2.14. The van der Waals surface area contributed by atoms with E-state index < -0.39 is 0 Å². The van der Waals surface area contributed by atoms with E-state index in [9.17, 15) is 10.1 Å². The Labute approximate surface area is 251 Å². The van der Waals surface area contributed by atoms with Crippen LogP contribution in [0.1, 0.15) is 54.0 Å². The van der Waals surface area contributed by atoms with Gasteiger partial charge in [-0.25, -0.2) is 4.98 Å². The van der Waals surface area contributed by atoms with E-state index >= 15 is 0 Å². The highest BCUT2D eigenvalue weighted by Crippen LogP contribution is 2.49. The SMILES string of the molecule is C=CC(=O)N1CC2(C1)CN(c1c(C#N)c(OCC3CCCN3C)nc3c1CCN(c1c(C4CC4)ccc4[nH]ncc14)C3)C2. The maximum Gasteiger partial charge on any atom is 0.245 e. The monoisotopic (exact) mass is 578 g/mol. The molecule has 6 heterocycles. The molecule has 1 aromatic carbocycles. The van der Waals surface area contributed by atoms with Gasteiger partial charge in [-0.05, 0) is 69.3 Å². The average Bonchev–Trinajstić information content (AvgIpc) is 3.57. The summed E-state index contributed by atoms with van der Waals surface area (Å²) in [6.45, 7) is 9.90. The number of ether oxygens (including phenoxy) is 1. The van der Waals surface area contributed by atoms with Gasteiger partial charge < -0.3 is 24.3 Å². The summed E-state index contributed by atoms with van der Waals surface area (Å²) in [6.07, 6.45) is 8.88. The average molecular weight is 579 g/mol. The van der Waals surface area contributed by atoms with Crippen molar-refractivity contribution >= 4 is 28.2 Å². The molecule has 8 rings (SSSR count). The highest BCUT2D eigenvalue weighted by molar-refractivity contribution is 5.94. The molecule has 0 bridgehead atoms. The van der Waals surface area contributed by atoms with Gasteiger partial charge in [-0.1, -0.05) is 12.6 Å². The lowest BCUT2D eigenvalue weighted by Gasteiger charge is -2.61. The van der Waals surface area contributed by atoms with E-state index in [0.717, 1.165) is 80.8 Å². The van der Waals surface area contributed by atoms with Crippen molar-refractivity contribution in [3.63, 3.8) is 0 Å². The fraction of sp³-hybridized carbons (Fsp3) is 0.515. The molecule has 10 heteroatoms. The molecule has 4 aliphatic heterocycles. The largest absolute Gasteiger partial charge is 0.475 e. The van der Waals surface area contributed by atoms with Crippen LogP contribution in [-0.4, -0.2) is 89.9 Å². The van der Waals surface area contributed by atoms with Crippen molar-refractivity contribution in [1.82, 2.24) is 25.0 Å². The first-order valence-electron chi connectivity index (χ1n) is 15.6. The van der Waals surface area contributed by atoms with Crippen LogP contribution in [0.2, 0.25) is 0 Å². The lowest BCUT2D eigenvalue weighted by Crippen LogP contribution is -2.73. The van der Waals surface area contributed by atoms with Gasteiger partial charge in [-0.2, -0.15) is 10.4 Å². The van der Waals surface area contributed by atoms with Crippen LogP contribution in [0.15, 0.2) is 31.0 Å². The van der Waals surface area contributed by atoms with Crippen LogP contribution in [0, 0.1) is 16.7 Å². The van der Waals surface area contributed by atoms with Gasteiger partial charge in [0.05, 0.1) is 35.3 Å². The molecule has 0 radical (unpaired) electrons. The second-order valence-electron chi connectivity index (χ2n) is 13.3. The minimum Gasteiger partial charge on any atom is -0.475 e. The predicted molar refractivity (Wildman–Crippen MR) is 164 cm³/mol. The Morgan fingerprint density at radius 3 is 2.74 bits per heavy atom. The first-order valence-corrected chi connectivity index (χ1v) is 15.6. The summed E-state index contributed by atoms with van der Waals surface area (Å²) >= 11 is 0. The zero-order valence-electron chi connectivity index (χ0n) is 24.8. The molecule has 5 aliphatic rings. The summed E-state index contributed by atoms with van der Waals surface area (Å²) in [5, 5.41) is 19.2. The number of nitrogens with one attached hydrogen (secondary N) is 1. The van der Waals surface area contributed by atoms with E-state index in [-0.39, 0.29) is 11.3 Å². The number of H-pyrrole nitrogens is 1. The first-order chi connectivity index (χ1) is 21.0. The Morgan fingerprint density at radius 1 is 1.19 bits per heavy atom. The summed E-state index contributed by atoms with van der Waals surface area (Å²) in [5.41, 5.74) is 7.52. The number of hydrogen-bond acceptors (Lipinski definition) is 8. The highest BCUT2D eigenvalue weighted by atomic mass is 16.5. The number of aromatic amines is 1. The number of fused-ring (bicyclic) bond motifs is 2. The molecule has 3 saturated heterocycles. The predicted octanol–water partition coefficient (Wildman–Crippen LogP) is 3.58. The number of rotatable bonds is 7. The lowest BCUT2D eigenvalue weighted by atomic mass is 9.72. The Hall–Kier alpha value is -4.10. The van der Waals surface area contributed by atoms with Crippen LogP contribution in [0.5, 0.6) is 5.88 Å². The number of benzene rings is 1. The quantitative estimate of drug-likeness (QED) is 0.425. The topological polar surface area (TPSA) is 105 Å². The molecule has 43 heavy (non-hydrogen) atoms. The third-order valence-electron chi connectivity index (χ3n) is 10.4. The smallest absolute Gasteiger partial charge is 0.245 e. The molecular formula is C33H38N8O2. The van der Waals surface area contributed by atoms with Gasteiger partial charge in [-0.3, -0.25) is 9.89 Å².